The van der Waals surface area contributed by atoms with Crippen molar-refractivity contribution in [2.75, 3.05) is 16.0 Å². The molecule has 0 unspecified atom stereocenters. The van der Waals surface area contributed by atoms with Crippen molar-refractivity contribution in [1.29, 1.82) is 0 Å². The minimum atomic E-state index is -5.07. The number of carbonyl (C=O) groups excluding carboxylic acids is 2. The number of alkyl halides is 6. The summed E-state index contributed by atoms with van der Waals surface area (Å²) in [5.74, 6) is -1.02. The number of hydrogen-bond acceptors (Lipinski definition) is 3. The van der Waals surface area contributed by atoms with Crippen LogP contribution in [0.15, 0.2) is 60.7 Å². The molecule has 0 saturated carbocycles. The van der Waals surface area contributed by atoms with E-state index in [0.29, 0.717) is 17.7 Å². The third-order valence-corrected chi connectivity index (χ3v) is 6.98. The largest absolute Gasteiger partial charge is 0.416 e. The number of thioether (sulfide) groups is 1. The van der Waals surface area contributed by atoms with Gasteiger partial charge in [-0.3, -0.25) is 14.5 Å². The summed E-state index contributed by atoms with van der Waals surface area (Å²) in [6.07, 6.45) is -10.1. The molecule has 1 saturated heterocycles. The zero-order valence-electron chi connectivity index (χ0n) is 19.5. The van der Waals surface area contributed by atoms with Crippen LogP contribution in [0.1, 0.15) is 43.5 Å². The molecule has 1 aliphatic heterocycles. The highest BCUT2D eigenvalue weighted by Gasteiger charge is 2.38. The van der Waals surface area contributed by atoms with Crippen molar-refractivity contribution in [2.45, 2.75) is 31.6 Å². The van der Waals surface area contributed by atoms with Crippen molar-refractivity contribution >= 4 is 35.0 Å². The van der Waals surface area contributed by atoms with Crippen molar-refractivity contribution in [2.24, 2.45) is 0 Å². The van der Waals surface area contributed by atoms with Gasteiger partial charge in [0.15, 0.2) is 0 Å². The van der Waals surface area contributed by atoms with E-state index in [9.17, 15) is 35.9 Å². The van der Waals surface area contributed by atoms with E-state index < -0.39 is 40.3 Å². The molecule has 0 spiro atoms. The van der Waals surface area contributed by atoms with Crippen molar-refractivity contribution in [1.82, 2.24) is 0 Å². The van der Waals surface area contributed by atoms with Crippen molar-refractivity contribution < 1.29 is 35.9 Å². The summed E-state index contributed by atoms with van der Waals surface area (Å²) >= 11 is 1.37. The van der Waals surface area contributed by atoms with Gasteiger partial charge in [0.1, 0.15) is 5.37 Å². The maximum Gasteiger partial charge on any atom is 0.416 e. The van der Waals surface area contributed by atoms with E-state index in [0.717, 1.165) is 16.8 Å². The first-order valence-electron chi connectivity index (χ1n) is 11.0. The van der Waals surface area contributed by atoms with Crippen molar-refractivity contribution in [3.63, 3.8) is 0 Å². The number of benzene rings is 3. The average Bonchev–Trinajstić information content (AvgIpc) is 3.20. The van der Waals surface area contributed by atoms with Gasteiger partial charge in [-0.05, 0) is 66.9 Å². The van der Waals surface area contributed by atoms with E-state index in [-0.39, 0.29) is 23.4 Å². The van der Waals surface area contributed by atoms with Gasteiger partial charge in [-0.25, -0.2) is 0 Å². The second-order valence-corrected chi connectivity index (χ2v) is 9.66. The number of aryl methyl sites for hydroxylation is 2. The standard InChI is InChI=1S/C26H20F6N2O2S/c1-14-6-7-15(2)21(8-14)34-22(35)13-37-24(34)16-4-3-5-20(11-16)33-23(36)17-9-18(25(27,28)29)12-19(10-17)26(30,31)32/h3-12,24H,13H2,1-2H3,(H,33,36)/t24-/m0/s1. The highest BCUT2D eigenvalue weighted by molar-refractivity contribution is 8.00. The number of carbonyl (C=O) groups is 2. The van der Waals surface area contributed by atoms with Gasteiger partial charge in [0.25, 0.3) is 5.91 Å². The topological polar surface area (TPSA) is 49.4 Å². The van der Waals surface area contributed by atoms with Crippen molar-refractivity contribution in [3.8, 4) is 0 Å². The Kier molecular flexibility index (Phi) is 7.02. The van der Waals surface area contributed by atoms with Gasteiger partial charge >= 0.3 is 12.4 Å². The molecule has 1 N–H and O–H groups in total. The normalized spacial score (nSPS) is 16.3. The van der Waals surface area contributed by atoms with Crippen LogP contribution in [0.4, 0.5) is 37.7 Å². The Morgan fingerprint density at radius 1 is 0.919 bits per heavy atom. The van der Waals surface area contributed by atoms with E-state index >= 15 is 0 Å². The fourth-order valence-electron chi connectivity index (χ4n) is 3.97. The number of anilines is 2. The molecule has 0 aliphatic carbocycles. The number of amides is 2. The van der Waals surface area contributed by atoms with Gasteiger partial charge in [0.05, 0.1) is 16.9 Å². The molecule has 0 radical (unpaired) electrons. The fraction of sp³-hybridized carbons (Fsp3) is 0.231. The van der Waals surface area contributed by atoms with Crippen LogP contribution in [-0.4, -0.2) is 17.6 Å². The van der Waals surface area contributed by atoms with Crippen LogP contribution in [0.3, 0.4) is 0 Å². The maximum absolute atomic E-state index is 13.2. The lowest BCUT2D eigenvalue weighted by Gasteiger charge is -2.26. The quantitative estimate of drug-likeness (QED) is 0.353. The molecular weight excluding hydrogens is 518 g/mol. The summed E-state index contributed by atoms with van der Waals surface area (Å²) in [5, 5.41) is 1.94. The molecule has 0 bridgehead atoms. The first kappa shape index (κ1) is 26.6. The fourth-order valence-corrected chi connectivity index (χ4v) is 5.13. The molecular formula is C26H20F6N2O2S. The lowest BCUT2D eigenvalue weighted by Crippen LogP contribution is -2.28. The van der Waals surface area contributed by atoms with Gasteiger partial charge in [-0.15, -0.1) is 11.8 Å². The summed E-state index contributed by atoms with van der Waals surface area (Å²) in [4.78, 5) is 27.1. The highest BCUT2D eigenvalue weighted by atomic mass is 32.2. The number of halogens is 6. The van der Waals surface area contributed by atoms with Gasteiger partial charge in [-0.1, -0.05) is 24.3 Å². The zero-order chi connectivity index (χ0) is 27.1. The summed E-state index contributed by atoms with van der Waals surface area (Å²) in [7, 11) is 0. The molecule has 4 rings (SSSR count). The molecule has 3 aromatic rings. The number of nitrogens with one attached hydrogen (secondary N) is 1. The second kappa shape index (κ2) is 9.77. The molecule has 3 aromatic carbocycles. The van der Waals surface area contributed by atoms with Crippen LogP contribution in [0.5, 0.6) is 0 Å². The Labute approximate surface area is 212 Å². The van der Waals surface area contributed by atoms with Crippen LogP contribution in [0, 0.1) is 13.8 Å². The predicted molar refractivity (Wildman–Crippen MR) is 129 cm³/mol. The van der Waals surface area contributed by atoms with Crippen LogP contribution < -0.4 is 10.2 Å². The van der Waals surface area contributed by atoms with Gasteiger partial charge in [0.2, 0.25) is 5.91 Å². The molecule has 37 heavy (non-hydrogen) atoms. The molecule has 1 atom stereocenters. The Bertz CT molecular complexity index is 1340. The zero-order valence-corrected chi connectivity index (χ0v) is 20.3. The van der Waals surface area contributed by atoms with E-state index in [2.05, 4.69) is 5.32 Å². The monoisotopic (exact) mass is 538 g/mol. The minimum Gasteiger partial charge on any atom is -0.322 e. The van der Waals surface area contributed by atoms with Gasteiger partial charge < -0.3 is 5.32 Å². The van der Waals surface area contributed by atoms with Crippen molar-refractivity contribution in [3.05, 3.63) is 94.0 Å². The Morgan fingerprint density at radius 3 is 2.19 bits per heavy atom. The summed E-state index contributed by atoms with van der Waals surface area (Å²) < 4.78 is 79.1. The first-order chi connectivity index (χ1) is 17.2. The van der Waals surface area contributed by atoms with E-state index in [1.54, 1.807) is 23.1 Å². The predicted octanol–water partition coefficient (Wildman–Crippen LogP) is 7.37. The SMILES string of the molecule is Cc1ccc(C)c(N2C(=O)CS[C@H]2c2cccc(NC(=O)c3cc(C(F)(F)F)cc(C(F)(F)F)c3)c2)c1. The third-order valence-electron chi connectivity index (χ3n) is 5.77. The maximum atomic E-state index is 13.2. The van der Waals surface area contributed by atoms with Gasteiger partial charge in [-0.2, -0.15) is 26.3 Å². The minimum absolute atomic E-state index is 0.0341. The van der Waals surface area contributed by atoms with Gasteiger partial charge in [0, 0.05) is 16.9 Å². The Balaban J connectivity index is 1.64. The van der Waals surface area contributed by atoms with Crippen LogP contribution in [-0.2, 0) is 17.1 Å². The number of hydrogen-bond donors (Lipinski definition) is 1. The molecule has 2 amide bonds. The molecule has 1 heterocycles. The lowest BCUT2D eigenvalue weighted by atomic mass is 10.0. The van der Waals surface area contributed by atoms with E-state index in [4.69, 9.17) is 0 Å². The average molecular weight is 539 g/mol. The number of nitrogens with zero attached hydrogens (tertiary/aromatic N) is 1. The summed E-state index contributed by atoms with van der Waals surface area (Å²) in [5.41, 5.74) is -0.556. The molecule has 1 aliphatic rings. The summed E-state index contributed by atoms with van der Waals surface area (Å²) in [6, 6.07) is 12.8. The Morgan fingerprint density at radius 2 is 1.57 bits per heavy atom. The summed E-state index contributed by atoms with van der Waals surface area (Å²) in [6.45, 7) is 3.78. The van der Waals surface area contributed by atoms with E-state index in [1.807, 2.05) is 32.0 Å². The smallest absolute Gasteiger partial charge is 0.322 e. The number of rotatable bonds is 4. The molecule has 0 aromatic heterocycles. The van der Waals surface area contributed by atoms with Crippen LogP contribution in [0.2, 0.25) is 0 Å². The van der Waals surface area contributed by atoms with Crippen LogP contribution in [0.25, 0.3) is 0 Å². The van der Waals surface area contributed by atoms with E-state index in [1.165, 1.54) is 17.8 Å². The molecule has 1 fully saturated rings. The third kappa shape index (κ3) is 5.76. The lowest BCUT2D eigenvalue weighted by molar-refractivity contribution is -0.143. The molecule has 4 nitrogen and oxygen atoms in total. The molecule has 11 heteroatoms. The Hall–Kier alpha value is -3.47. The van der Waals surface area contributed by atoms with Crippen LogP contribution >= 0.6 is 11.8 Å². The first-order valence-corrected chi connectivity index (χ1v) is 12.0. The highest BCUT2D eigenvalue weighted by Crippen LogP contribution is 2.43. The second-order valence-electron chi connectivity index (χ2n) is 8.59. The molecule has 194 valence electrons.